The zero-order valence-electron chi connectivity index (χ0n) is 21.9. The molecular formula is C24H41N7O3S. The fourth-order valence-corrected chi connectivity index (χ4v) is 5.15. The van der Waals surface area contributed by atoms with E-state index in [2.05, 4.69) is 38.7 Å². The first kappa shape index (κ1) is 27.3. The summed E-state index contributed by atoms with van der Waals surface area (Å²) >= 11 is 0. The summed E-state index contributed by atoms with van der Waals surface area (Å²) in [4.78, 5) is 25.9. The van der Waals surface area contributed by atoms with Crippen LogP contribution in [-0.2, 0) is 16.8 Å². The molecule has 0 radical (unpaired) electrons. The monoisotopic (exact) mass is 507 g/mol. The standard InChI is InChI=1S/C22H35N7O3S.C2H6/c1-14-8-10-16(11-9-14)12-29-13-23-19-18(29)20(24-15(2)17-6-5-7-17)26-21(25-19)22(30)27-33(31,32)28(3)4;1-2/h13-17H,5-12H2,1-4H3,(H,27,30)(H,24,25,26);1-2H3/t14?,15-,16?;/m1./s1. The van der Waals surface area contributed by atoms with Crippen molar-refractivity contribution < 1.29 is 13.2 Å². The number of nitrogens with zero attached hydrogens (tertiary/aromatic N) is 5. The Morgan fingerprint density at radius 1 is 1.14 bits per heavy atom. The fourth-order valence-electron chi connectivity index (χ4n) is 4.64. The van der Waals surface area contributed by atoms with Crippen molar-refractivity contribution in [3.63, 3.8) is 0 Å². The lowest BCUT2D eigenvalue weighted by Gasteiger charge is -2.32. The van der Waals surface area contributed by atoms with Crippen LogP contribution < -0.4 is 10.0 Å². The molecular weight excluding hydrogens is 466 g/mol. The van der Waals surface area contributed by atoms with Gasteiger partial charge in [0.25, 0.3) is 0 Å². The molecule has 2 aromatic heterocycles. The Morgan fingerprint density at radius 3 is 2.37 bits per heavy atom. The molecule has 10 nitrogen and oxygen atoms in total. The molecule has 0 saturated heterocycles. The van der Waals surface area contributed by atoms with Crippen molar-refractivity contribution in [2.75, 3.05) is 19.4 Å². The number of rotatable bonds is 8. The molecule has 2 aromatic rings. The second-order valence-corrected chi connectivity index (χ2v) is 11.8. The van der Waals surface area contributed by atoms with Gasteiger partial charge in [-0.25, -0.2) is 19.7 Å². The number of anilines is 1. The van der Waals surface area contributed by atoms with Gasteiger partial charge in [-0.1, -0.05) is 40.0 Å². The Morgan fingerprint density at radius 2 is 1.80 bits per heavy atom. The molecule has 0 aromatic carbocycles. The minimum atomic E-state index is -3.95. The van der Waals surface area contributed by atoms with Gasteiger partial charge in [0.1, 0.15) is 5.52 Å². The van der Waals surface area contributed by atoms with Gasteiger partial charge < -0.3 is 9.88 Å². The van der Waals surface area contributed by atoms with E-state index in [1.165, 1.54) is 46.2 Å². The Balaban J connectivity index is 0.00000167. The molecule has 2 fully saturated rings. The van der Waals surface area contributed by atoms with Crippen LogP contribution in [0.2, 0.25) is 0 Å². The number of nitrogens with one attached hydrogen (secondary N) is 2. The predicted molar refractivity (Wildman–Crippen MR) is 138 cm³/mol. The van der Waals surface area contributed by atoms with Crippen LogP contribution in [0.15, 0.2) is 6.33 Å². The molecule has 4 rings (SSSR count). The van der Waals surface area contributed by atoms with Crippen LogP contribution in [-0.4, -0.2) is 58.3 Å². The van der Waals surface area contributed by atoms with Gasteiger partial charge in [0.2, 0.25) is 5.82 Å². The lowest BCUT2D eigenvalue weighted by Crippen LogP contribution is -2.40. The lowest BCUT2D eigenvalue weighted by atomic mass is 9.80. The van der Waals surface area contributed by atoms with Crippen molar-refractivity contribution in [1.82, 2.24) is 28.5 Å². The van der Waals surface area contributed by atoms with Gasteiger partial charge in [-0.2, -0.15) is 12.7 Å². The maximum atomic E-state index is 12.7. The van der Waals surface area contributed by atoms with Crippen LogP contribution in [0.4, 0.5) is 5.82 Å². The van der Waals surface area contributed by atoms with Crippen LogP contribution in [0, 0.1) is 17.8 Å². The average molecular weight is 508 g/mol. The van der Waals surface area contributed by atoms with Crippen molar-refractivity contribution >= 4 is 33.1 Å². The van der Waals surface area contributed by atoms with Crippen molar-refractivity contribution in [3.8, 4) is 0 Å². The smallest absolute Gasteiger partial charge is 0.303 e. The number of carbonyl (C=O) groups is 1. The Bertz CT molecular complexity index is 1100. The quantitative estimate of drug-likeness (QED) is 0.557. The molecule has 11 heteroatoms. The summed E-state index contributed by atoms with van der Waals surface area (Å²) < 4.78 is 29.3. The zero-order valence-corrected chi connectivity index (χ0v) is 22.7. The van der Waals surface area contributed by atoms with Crippen molar-refractivity contribution in [3.05, 3.63) is 12.2 Å². The topological polar surface area (TPSA) is 122 Å². The van der Waals surface area contributed by atoms with E-state index in [1.807, 2.05) is 18.6 Å². The van der Waals surface area contributed by atoms with Gasteiger partial charge in [-0.3, -0.25) is 4.79 Å². The molecule has 2 aliphatic carbocycles. The molecule has 2 N–H and O–H groups in total. The SMILES string of the molecule is CC.CC1CCC(Cn2cnc3nc(C(=O)NS(=O)(=O)N(C)C)nc(N[C@H](C)C4CCC4)c32)CC1. The first-order valence-corrected chi connectivity index (χ1v) is 14.3. The summed E-state index contributed by atoms with van der Waals surface area (Å²) in [5, 5.41) is 3.49. The summed E-state index contributed by atoms with van der Waals surface area (Å²) in [6, 6.07) is 0.178. The van der Waals surface area contributed by atoms with E-state index in [0.717, 1.165) is 35.1 Å². The largest absolute Gasteiger partial charge is 0.365 e. The van der Waals surface area contributed by atoms with Gasteiger partial charge in [0.15, 0.2) is 11.5 Å². The number of carbonyl (C=O) groups excluding carboxylic acids is 1. The van der Waals surface area contributed by atoms with E-state index in [1.54, 1.807) is 6.33 Å². The molecule has 0 aliphatic heterocycles. The van der Waals surface area contributed by atoms with Gasteiger partial charge in [0.05, 0.1) is 6.33 Å². The first-order valence-electron chi connectivity index (χ1n) is 12.9. The van der Waals surface area contributed by atoms with Crippen molar-refractivity contribution in [2.24, 2.45) is 17.8 Å². The molecule has 1 atom stereocenters. The summed E-state index contributed by atoms with van der Waals surface area (Å²) in [5.41, 5.74) is 1.16. The van der Waals surface area contributed by atoms with Crippen LogP contribution >= 0.6 is 0 Å². The zero-order chi connectivity index (χ0) is 25.8. The van der Waals surface area contributed by atoms with E-state index < -0.39 is 16.1 Å². The number of hydrogen-bond donors (Lipinski definition) is 2. The molecule has 2 heterocycles. The first-order chi connectivity index (χ1) is 16.6. The predicted octanol–water partition coefficient (Wildman–Crippen LogP) is 3.82. The van der Waals surface area contributed by atoms with Gasteiger partial charge in [-0.05, 0) is 50.4 Å². The molecule has 35 heavy (non-hydrogen) atoms. The van der Waals surface area contributed by atoms with E-state index in [9.17, 15) is 13.2 Å². The number of aromatic nitrogens is 4. The van der Waals surface area contributed by atoms with Gasteiger partial charge in [0, 0.05) is 26.7 Å². The van der Waals surface area contributed by atoms with Gasteiger partial charge >= 0.3 is 16.1 Å². The Kier molecular flexibility index (Phi) is 9.09. The molecule has 0 spiro atoms. The lowest BCUT2D eigenvalue weighted by molar-refractivity contribution is 0.0970. The minimum absolute atomic E-state index is 0.178. The third-order valence-electron chi connectivity index (χ3n) is 7.19. The molecule has 0 unspecified atom stereocenters. The maximum absolute atomic E-state index is 12.7. The van der Waals surface area contributed by atoms with Crippen molar-refractivity contribution in [1.29, 1.82) is 0 Å². The number of hydrogen-bond acceptors (Lipinski definition) is 7. The highest BCUT2D eigenvalue weighted by Gasteiger charge is 2.28. The summed E-state index contributed by atoms with van der Waals surface area (Å²) in [5.74, 6) is 1.35. The van der Waals surface area contributed by atoms with Crippen LogP contribution in [0.3, 0.4) is 0 Å². The fraction of sp³-hybridized carbons (Fsp3) is 0.750. The Hall–Kier alpha value is -2.27. The van der Waals surface area contributed by atoms with Crippen LogP contribution in [0.25, 0.3) is 11.2 Å². The third-order valence-corrected chi connectivity index (χ3v) is 8.59. The average Bonchev–Trinajstić information content (AvgIpc) is 3.18. The highest BCUT2D eigenvalue weighted by molar-refractivity contribution is 7.87. The van der Waals surface area contributed by atoms with E-state index in [-0.39, 0.29) is 11.9 Å². The third kappa shape index (κ3) is 6.49. The van der Waals surface area contributed by atoms with E-state index in [0.29, 0.717) is 23.3 Å². The molecule has 196 valence electrons. The van der Waals surface area contributed by atoms with E-state index >= 15 is 0 Å². The van der Waals surface area contributed by atoms with Crippen molar-refractivity contribution in [2.45, 2.75) is 85.2 Å². The van der Waals surface area contributed by atoms with Gasteiger partial charge in [-0.15, -0.1) is 0 Å². The molecule has 2 saturated carbocycles. The molecule has 0 bridgehead atoms. The number of fused-ring (bicyclic) bond motifs is 1. The Labute approximate surface area is 209 Å². The summed E-state index contributed by atoms with van der Waals surface area (Å²) in [6.45, 7) is 9.26. The highest BCUT2D eigenvalue weighted by atomic mass is 32.2. The summed E-state index contributed by atoms with van der Waals surface area (Å²) in [6.07, 6.45) is 10.2. The number of amides is 1. The number of imidazole rings is 1. The minimum Gasteiger partial charge on any atom is -0.365 e. The maximum Gasteiger partial charge on any atom is 0.303 e. The normalized spacial score (nSPS) is 21.7. The summed E-state index contributed by atoms with van der Waals surface area (Å²) in [7, 11) is -1.26. The van der Waals surface area contributed by atoms with E-state index in [4.69, 9.17) is 0 Å². The highest BCUT2D eigenvalue weighted by Crippen LogP contribution is 2.33. The van der Waals surface area contributed by atoms with Crippen LogP contribution in [0.5, 0.6) is 0 Å². The molecule has 1 amide bonds. The molecule has 2 aliphatic rings. The van der Waals surface area contributed by atoms with Crippen LogP contribution in [0.1, 0.15) is 83.3 Å². The second-order valence-electron chi connectivity index (χ2n) is 9.93. The second kappa shape index (κ2) is 11.6.